The summed E-state index contributed by atoms with van der Waals surface area (Å²) in [6, 6.07) is 11.4. The molecule has 0 unspecified atom stereocenters. The van der Waals surface area contributed by atoms with Gasteiger partial charge in [-0.15, -0.1) is 0 Å². The van der Waals surface area contributed by atoms with Gasteiger partial charge in [-0.1, -0.05) is 12.1 Å². The van der Waals surface area contributed by atoms with Crippen LogP contribution in [0.2, 0.25) is 0 Å². The number of primary amides is 1. The van der Waals surface area contributed by atoms with Gasteiger partial charge in [-0.3, -0.25) is 4.79 Å². The predicted molar refractivity (Wildman–Crippen MR) is 76.5 cm³/mol. The first-order valence-electron chi connectivity index (χ1n) is 6.17. The third kappa shape index (κ3) is 2.23. The Morgan fingerprint density at radius 1 is 1.10 bits per heavy atom. The Labute approximate surface area is 119 Å². The number of hydrogen-bond donors (Lipinski definition) is 2. The summed E-state index contributed by atoms with van der Waals surface area (Å²) in [6.45, 7) is 0. The van der Waals surface area contributed by atoms with E-state index in [1.807, 2.05) is 0 Å². The van der Waals surface area contributed by atoms with Crippen molar-refractivity contribution in [2.75, 3.05) is 0 Å². The molecule has 0 spiro atoms. The van der Waals surface area contributed by atoms with E-state index in [1.54, 1.807) is 41.2 Å². The highest BCUT2D eigenvalue weighted by atomic mass is 16.4. The fourth-order valence-electron chi connectivity index (χ4n) is 2.15. The molecular weight excluding hydrogens is 270 g/mol. The standard InChI is InChI=1S/C15H11N3O3/c16-14(19)9-4-5-11-8-17-18(13(11)7-9)12-3-1-2-10(6-12)15(20)21/h1-8H,(H2,16,19)(H,20,21). The number of benzene rings is 2. The molecule has 6 heteroatoms. The smallest absolute Gasteiger partial charge is 0.335 e. The maximum atomic E-state index is 11.3. The van der Waals surface area contributed by atoms with Crippen molar-refractivity contribution in [2.45, 2.75) is 0 Å². The van der Waals surface area contributed by atoms with Crippen molar-refractivity contribution in [3.63, 3.8) is 0 Å². The summed E-state index contributed by atoms with van der Waals surface area (Å²) >= 11 is 0. The van der Waals surface area contributed by atoms with Gasteiger partial charge in [0, 0.05) is 10.9 Å². The average molecular weight is 281 g/mol. The number of carbonyl (C=O) groups excluding carboxylic acids is 1. The Kier molecular flexibility index (Phi) is 2.91. The van der Waals surface area contributed by atoms with Crippen LogP contribution >= 0.6 is 0 Å². The molecule has 0 atom stereocenters. The van der Waals surface area contributed by atoms with Crippen LogP contribution in [-0.4, -0.2) is 26.8 Å². The molecule has 21 heavy (non-hydrogen) atoms. The molecular formula is C15H11N3O3. The number of carboxylic acids is 1. The lowest BCUT2D eigenvalue weighted by Crippen LogP contribution is -2.10. The van der Waals surface area contributed by atoms with Gasteiger partial charge in [0.1, 0.15) is 0 Å². The lowest BCUT2D eigenvalue weighted by atomic mass is 10.1. The first kappa shape index (κ1) is 12.9. The Morgan fingerprint density at radius 2 is 1.90 bits per heavy atom. The normalized spacial score (nSPS) is 10.7. The van der Waals surface area contributed by atoms with Crippen LogP contribution < -0.4 is 5.73 Å². The van der Waals surface area contributed by atoms with E-state index in [4.69, 9.17) is 10.8 Å². The zero-order valence-electron chi connectivity index (χ0n) is 10.9. The van der Waals surface area contributed by atoms with Crippen molar-refractivity contribution in [1.29, 1.82) is 0 Å². The highest BCUT2D eigenvalue weighted by Crippen LogP contribution is 2.20. The quantitative estimate of drug-likeness (QED) is 0.765. The number of hydrogen-bond acceptors (Lipinski definition) is 3. The lowest BCUT2D eigenvalue weighted by Gasteiger charge is -2.05. The molecule has 6 nitrogen and oxygen atoms in total. The monoisotopic (exact) mass is 281 g/mol. The summed E-state index contributed by atoms with van der Waals surface area (Å²) < 4.78 is 1.58. The summed E-state index contributed by atoms with van der Waals surface area (Å²) in [6.07, 6.45) is 1.65. The van der Waals surface area contributed by atoms with Crippen LogP contribution in [0.25, 0.3) is 16.6 Å². The van der Waals surface area contributed by atoms with Crippen molar-refractivity contribution >= 4 is 22.8 Å². The highest BCUT2D eigenvalue weighted by Gasteiger charge is 2.10. The number of rotatable bonds is 3. The number of fused-ring (bicyclic) bond motifs is 1. The van der Waals surface area contributed by atoms with Crippen molar-refractivity contribution in [1.82, 2.24) is 9.78 Å². The van der Waals surface area contributed by atoms with E-state index in [1.165, 1.54) is 12.1 Å². The van der Waals surface area contributed by atoms with E-state index in [9.17, 15) is 9.59 Å². The Morgan fingerprint density at radius 3 is 2.62 bits per heavy atom. The molecule has 0 aliphatic carbocycles. The van der Waals surface area contributed by atoms with Gasteiger partial charge in [0.2, 0.25) is 5.91 Å². The molecule has 2 aromatic carbocycles. The van der Waals surface area contributed by atoms with Crippen molar-refractivity contribution in [3.05, 3.63) is 59.8 Å². The van der Waals surface area contributed by atoms with E-state index in [0.717, 1.165) is 5.39 Å². The van der Waals surface area contributed by atoms with Crippen LogP contribution in [0.15, 0.2) is 48.7 Å². The van der Waals surface area contributed by atoms with Crippen LogP contribution in [0.4, 0.5) is 0 Å². The molecule has 1 amide bonds. The number of aromatic carboxylic acids is 1. The summed E-state index contributed by atoms with van der Waals surface area (Å²) in [7, 11) is 0. The molecule has 104 valence electrons. The predicted octanol–water partition coefficient (Wildman–Crippen LogP) is 1.82. The second-order valence-electron chi connectivity index (χ2n) is 4.55. The van der Waals surface area contributed by atoms with Gasteiger partial charge >= 0.3 is 5.97 Å². The Balaban J connectivity index is 2.20. The molecule has 3 rings (SSSR count). The minimum Gasteiger partial charge on any atom is -0.478 e. The van der Waals surface area contributed by atoms with Gasteiger partial charge in [0.05, 0.1) is 23.0 Å². The maximum Gasteiger partial charge on any atom is 0.335 e. The van der Waals surface area contributed by atoms with Crippen molar-refractivity contribution < 1.29 is 14.7 Å². The minimum absolute atomic E-state index is 0.169. The third-order valence-electron chi connectivity index (χ3n) is 3.19. The lowest BCUT2D eigenvalue weighted by molar-refractivity contribution is 0.0696. The van der Waals surface area contributed by atoms with Gasteiger partial charge in [0.15, 0.2) is 0 Å². The first-order valence-corrected chi connectivity index (χ1v) is 6.17. The van der Waals surface area contributed by atoms with Gasteiger partial charge in [0.25, 0.3) is 0 Å². The molecule has 3 N–H and O–H groups in total. The molecule has 0 aliphatic heterocycles. The van der Waals surface area contributed by atoms with Gasteiger partial charge in [-0.25, -0.2) is 9.48 Å². The van der Waals surface area contributed by atoms with E-state index in [-0.39, 0.29) is 5.56 Å². The van der Waals surface area contributed by atoms with E-state index in [2.05, 4.69) is 5.10 Å². The first-order chi connectivity index (χ1) is 10.1. The van der Waals surface area contributed by atoms with E-state index >= 15 is 0 Å². The number of carbonyl (C=O) groups is 2. The van der Waals surface area contributed by atoms with Crippen LogP contribution in [0.3, 0.4) is 0 Å². The zero-order chi connectivity index (χ0) is 15.0. The third-order valence-corrected chi connectivity index (χ3v) is 3.19. The molecule has 0 bridgehead atoms. The van der Waals surface area contributed by atoms with Crippen LogP contribution in [-0.2, 0) is 0 Å². The number of carboxylic acid groups (broad SMARTS) is 1. The number of amides is 1. The summed E-state index contributed by atoms with van der Waals surface area (Å²) in [4.78, 5) is 22.3. The molecule has 1 aromatic heterocycles. The van der Waals surface area contributed by atoms with Crippen LogP contribution in [0.1, 0.15) is 20.7 Å². The number of aromatic nitrogens is 2. The number of nitrogens with zero attached hydrogens (tertiary/aromatic N) is 2. The largest absolute Gasteiger partial charge is 0.478 e. The topological polar surface area (TPSA) is 98.2 Å². The molecule has 0 saturated carbocycles. The van der Waals surface area contributed by atoms with E-state index in [0.29, 0.717) is 16.8 Å². The summed E-state index contributed by atoms with van der Waals surface area (Å²) in [5.74, 6) is -1.53. The van der Waals surface area contributed by atoms with Crippen LogP contribution in [0, 0.1) is 0 Å². The fraction of sp³-hybridized carbons (Fsp3) is 0. The average Bonchev–Trinajstić information content (AvgIpc) is 2.90. The highest BCUT2D eigenvalue weighted by molar-refractivity contribution is 5.97. The fourth-order valence-corrected chi connectivity index (χ4v) is 2.15. The second-order valence-corrected chi connectivity index (χ2v) is 4.55. The van der Waals surface area contributed by atoms with Crippen molar-refractivity contribution in [3.8, 4) is 5.69 Å². The molecule has 1 heterocycles. The molecule has 0 saturated heterocycles. The minimum atomic E-state index is -1.01. The summed E-state index contributed by atoms with van der Waals surface area (Å²) in [5, 5.41) is 14.1. The molecule has 0 radical (unpaired) electrons. The number of nitrogens with two attached hydrogens (primary N) is 1. The van der Waals surface area contributed by atoms with Gasteiger partial charge in [-0.05, 0) is 30.3 Å². The SMILES string of the molecule is NC(=O)c1ccc2cnn(-c3cccc(C(=O)O)c3)c2c1. The summed E-state index contributed by atoms with van der Waals surface area (Å²) in [5.41, 5.74) is 7.11. The van der Waals surface area contributed by atoms with Crippen LogP contribution in [0.5, 0.6) is 0 Å². The Hall–Kier alpha value is -3.15. The van der Waals surface area contributed by atoms with Gasteiger partial charge < -0.3 is 10.8 Å². The Bertz CT molecular complexity index is 867. The maximum absolute atomic E-state index is 11.3. The van der Waals surface area contributed by atoms with Crippen molar-refractivity contribution in [2.24, 2.45) is 5.73 Å². The second kappa shape index (κ2) is 4.75. The van der Waals surface area contributed by atoms with E-state index < -0.39 is 11.9 Å². The molecule has 0 fully saturated rings. The molecule has 3 aromatic rings. The van der Waals surface area contributed by atoms with Gasteiger partial charge in [-0.2, -0.15) is 5.10 Å². The molecule has 0 aliphatic rings. The zero-order valence-corrected chi connectivity index (χ0v) is 10.9.